The molecular formula is C10H19N3OS. The summed E-state index contributed by atoms with van der Waals surface area (Å²) in [6.07, 6.45) is 6.16. The molecule has 86 valence electrons. The van der Waals surface area contributed by atoms with Crippen LogP contribution in [-0.2, 0) is 17.3 Å². The van der Waals surface area contributed by atoms with Gasteiger partial charge in [0.2, 0.25) is 0 Å². The fraction of sp³-hybridized carbons (Fsp3) is 0.700. The van der Waals surface area contributed by atoms with Crippen molar-refractivity contribution in [2.45, 2.75) is 38.1 Å². The summed E-state index contributed by atoms with van der Waals surface area (Å²) in [4.78, 5) is 4.09. The highest BCUT2D eigenvalue weighted by molar-refractivity contribution is 7.84. The van der Waals surface area contributed by atoms with Crippen LogP contribution < -0.4 is 5.73 Å². The number of hydrogen-bond donors (Lipinski definition) is 1. The maximum atomic E-state index is 11.3. The molecule has 1 aromatic rings. The van der Waals surface area contributed by atoms with E-state index in [2.05, 4.69) is 4.98 Å². The molecule has 0 aromatic carbocycles. The number of rotatable bonds is 5. The number of hydrogen-bond acceptors (Lipinski definition) is 3. The molecule has 2 N–H and O–H groups in total. The van der Waals surface area contributed by atoms with Crippen molar-refractivity contribution in [3.8, 4) is 0 Å². The van der Waals surface area contributed by atoms with Crippen molar-refractivity contribution >= 4 is 10.8 Å². The molecule has 0 radical (unpaired) electrons. The molecule has 0 bridgehead atoms. The fourth-order valence-corrected chi connectivity index (χ4v) is 1.75. The highest BCUT2D eigenvalue weighted by atomic mass is 32.2. The van der Waals surface area contributed by atoms with Crippen LogP contribution in [0.4, 0.5) is 0 Å². The summed E-state index contributed by atoms with van der Waals surface area (Å²) in [7, 11) is -0.808. The zero-order chi connectivity index (χ0) is 11.4. The molecule has 0 amide bonds. The lowest BCUT2D eigenvalue weighted by Gasteiger charge is -2.15. The third-order valence-electron chi connectivity index (χ3n) is 2.58. The van der Waals surface area contributed by atoms with Gasteiger partial charge < -0.3 is 10.3 Å². The topological polar surface area (TPSA) is 60.9 Å². The van der Waals surface area contributed by atoms with E-state index in [4.69, 9.17) is 5.73 Å². The quantitative estimate of drug-likeness (QED) is 0.821. The molecule has 0 spiro atoms. The van der Waals surface area contributed by atoms with Gasteiger partial charge in [0.1, 0.15) is 0 Å². The second-order valence-electron chi connectivity index (χ2n) is 3.79. The molecule has 5 heteroatoms. The largest absolute Gasteiger partial charge is 0.332 e. The lowest BCUT2D eigenvalue weighted by atomic mass is 10.2. The Labute approximate surface area is 93.3 Å². The second kappa shape index (κ2) is 5.42. The summed E-state index contributed by atoms with van der Waals surface area (Å²) < 4.78 is 13.3. The zero-order valence-corrected chi connectivity index (χ0v) is 10.3. The zero-order valence-electron chi connectivity index (χ0n) is 9.51. The molecule has 0 aliphatic rings. The molecule has 0 saturated heterocycles. The molecule has 15 heavy (non-hydrogen) atoms. The van der Waals surface area contributed by atoms with E-state index in [0.717, 1.165) is 12.1 Å². The minimum absolute atomic E-state index is 0.0185. The minimum Gasteiger partial charge on any atom is -0.332 e. The average molecular weight is 229 g/mol. The lowest BCUT2D eigenvalue weighted by molar-refractivity contribution is 0.579. The maximum Gasteiger partial charge on any atom is 0.0949 e. The Balaban J connectivity index is 2.77. The van der Waals surface area contributed by atoms with Crippen LogP contribution in [0.15, 0.2) is 12.5 Å². The Kier molecular flexibility index (Phi) is 4.47. The van der Waals surface area contributed by atoms with Gasteiger partial charge in [-0.05, 0) is 13.3 Å². The number of imidazole rings is 1. The van der Waals surface area contributed by atoms with E-state index >= 15 is 0 Å². The van der Waals surface area contributed by atoms with E-state index < -0.39 is 10.8 Å². The van der Waals surface area contributed by atoms with E-state index in [1.807, 2.05) is 18.4 Å². The van der Waals surface area contributed by atoms with Gasteiger partial charge in [-0.2, -0.15) is 0 Å². The molecular weight excluding hydrogens is 210 g/mol. The van der Waals surface area contributed by atoms with Gasteiger partial charge in [-0.25, -0.2) is 4.98 Å². The molecule has 4 nitrogen and oxygen atoms in total. The standard InChI is InChI=1S/C10H19N3OS/c1-4-9(11)10-5-12-7-13(10)6-8(2)15(3)14/h5,7-9H,4,6,11H2,1-3H3/t8?,9-,15?/m1/s1. The molecule has 1 aromatic heterocycles. The summed E-state index contributed by atoms with van der Waals surface area (Å²) in [5.41, 5.74) is 6.98. The van der Waals surface area contributed by atoms with Crippen molar-refractivity contribution in [3.63, 3.8) is 0 Å². The molecule has 0 aliphatic carbocycles. The van der Waals surface area contributed by atoms with Crippen LogP contribution in [0.3, 0.4) is 0 Å². The van der Waals surface area contributed by atoms with Gasteiger partial charge in [0.05, 0.1) is 12.0 Å². The van der Waals surface area contributed by atoms with Gasteiger partial charge >= 0.3 is 0 Å². The van der Waals surface area contributed by atoms with E-state index in [-0.39, 0.29) is 11.3 Å². The summed E-state index contributed by atoms with van der Waals surface area (Å²) in [5.74, 6) is 0. The minimum atomic E-state index is -0.808. The average Bonchev–Trinajstić information content (AvgIpc) is 2.64. The van der Waals surface area contributed by atoms with Crippen LogP contribution >= 0.6 is 0 Å². The van der Waals surface area contributed by atoms with Crippen molar-refractivity contribution < 1.29 is 4.21 Å². The summed E-state index contributed by atoms with van der Waals surface area (Å²) in [5, 5.41) is 0.127. The SMILES string of the molecule is CC[C@@H](N)c1cncn1CC(C)S(C)=O. The van der Waals surface area contributed by atoms with Crippen LogP contribution in [-0.4, -0.2) is 25.3 Å². The lowest BCUT2D eigenvalue weighted by Crippen LogP contribution is -2.21. The van der Waals surface area contributed by atoms with Gasteiger partial charge in [0, 0.05) is 41.1 Å². The number of nitrogens with two attached hydrogens (primary N) is 1. The van der Waals surface area contributed by atoms with Crippen LogP contribution in [0.25, 0.3) is 0 Å². The monoisotopic (exact) mass is 229 g/mol. The van der Waals surface area contributed by atoms with Crippen molar-refractivity contribution in [1.29, 1.82) is 0 Å². The Morgan fingerprint density at radius 3 is 2.87 bits per heavy atom. The predicted molar refractivity (Wildman–Crippen MR) is 63.0 cm³/mol. The second-order valence-corrected chi connectivity index (χ2v) is 5.60. The molecule has 1 rings (SSSR count). The first-order valence-electron chi connectivity index (χ1n) is 5.14. The molecule has 3 atom stereocenters. The van der Waals surface area contributed by atoms with Crippen LogP contribution in [0.5, 0.6) is 0 Å². The van der Waals surface area contributed by atoms with E-state index in [1.54, 1.807) is 18.8 Å². The molecule has 0 fully saturated rings. The van der Waals surface area contributed by atoms with Crippen molar-refractivity contribution in [2.24, 2.45) is 5.73 Å². The smallest absolute Gasteiger partial charge is 0.0949 e. The molecule has 0 aliphatic heterocycles. The van der Waals surface area contributed by atoms with Crippen LogP contribution in [0.1, 0.15) is 32.0 Å². The highest BCUT2D eigenvalue weighted by Gasteiger charge is 2.13. The first kappa shape index (κ1) is 12.4. The van der Waals surface area contributed by atoms with Gasteiger partial charge in [-0.15, -0.1) is 0 Å². The Bertz CT molecular complexity index is 337. The third kappa shape index (κ3) is 3.14. The Hall–Kier alpha value is -0.680. The molecule has 0 saturated carbocycles. The predicted octanol–water partition coefficient (Wildman–Crippen LogP) is 1.06. The first-order chi connectivity index (χ1) is 7.06. The summed E-state index contributed by atoms with van der Waals surface area (Å²) in [6.45, 7) is 4.73. The van der Waals surface area contributed by atoms with Gasteiger partial charge in [0.25, 0.3) is 0 Å². The normalized spacial score (nSPS) is 17.3. The fourth-order valence-electron chi connectivity index (χ4n) is 1.38. The first-order valence-corrected chi connectivity index (χ1v) is 6.76. The Morgan fingerprint density at radius 2 is 2.33 bits per heavy atom. The number of nitrogens with zero attached hydrogens (tertiary/aromatic N) is 2. The van der Waals surface area contributed by atoms with Crippen molar-refractivity contribution in [3.05, 3.63) is 18.2 Å². The van der Waals surface area contributed by atoms with E-state index in [9.17, 15) is 4.21 Å². The molecule has 2 unspecified atom stereocenters. The molecule has 1 heterocycles. The number of aromatic nitrogens is 2. The third-order valence-corrected chi connectivity index (χ3v) is 3.87. The van der Waals surface area contributed by atoms with Gasteiger partial charge in [-0.3, -0.25) is 4.21 Å². The maximum absolute atomic E-state index is 11.3. The van der Waals surface area contributed by atoms with E-state index in [1.165, 1.54) is 0 Å². The van der Waals surface area contributed by atoms with Crippen LogP contribution in [0.2, 0.25) is 0 Å². The van der Waals surface area contributed by atoms with Crippen LogP contribution in [0, 0.1) is 0 Å². The van der Waals surface area contributed by atoms with Gasteiger partial charge in [-0.1, -0.05) is 6.92 Å². The van der Waals surface area contributed by atoms with Gasteiger partial charge in [0.15, 0.2) is 0 Å². The highest BCUT2D eigenvalue weighted by Crippen LogP contribution is 2.14. The summed E-state index contributed by atoms with van der Waals surface area (Å²) >= 11 is 0. The van der Waals surface area contributed by atoms with E-state index in [0.29, 0.717) is 6.54 Å². The van der Waals surface area contributed by atoms with Crippen molar-refractivity contribution in [1.82, 2.24) is 9.55 Å². The summed E-state index contributed by atoms with van der Waals surface area (Å²) in [6, 6.07) is 0.0185. The Morgan fingerprint density at radius 1 is 1.67 bits per heavy atom. The van der Waals surface area contributed by atoms with Crippen molar-refractivity contribution in [2.75, 3.05) is 6.26 Å².